The van der Waals surface area contributed by atoms with Gasteiger partial charge in [-0.25, -0.2) is 0 Å². The van der Waals surface area contributed by atoms with Crippen LogP contribution in [0, 0.1) is 0 Å². The van der Waals surface area contributed by atoms with E-state index < -0.39 is 49.5 Å². The molecule has 0 aromatic carbocycles. The zero-order valence-corrected chi connectivity index (χ0v) is 59.1. The number of hydrogen-bond acceptors (Lipinski definition) is 8. The summed E-state index contributed by atoms with van der Waals surface area (Å²) in [5.74, 6) is -0.189. The molecule has 7 unspecified atom stereocenters. The predicted octanol–water partition coefficient (Wildman–Crippen LogP) is 22.0. The Bertz CT molecular complexity index is 1810. The number of amides is 1. The van der Waals surface area contributed by atoms with Crippen molar-refractivity contribution in [3.05, 3.63) is 109 Å². The summed E-state index contributed by atoms with van der Waals surface area (Å²) >= 11 is 0. The third-order valence-electron chi connectivity index (χ3n) is 17.8. The van der Waals surface area contributed by atoms with Crippen LogP contribution in [0.1, 0.15) is 348 Å². The van der Waals surface area contributed by atoms with Crippen LogP contribution in [0.3, 0.4) is 0 Å². The summed E-state index contributed by atoms with van der Waals surface area (Å²) in [6, 6.07) is -0.835. The first kappa shape index (κ1) is 85.9. The highest BCUT2D eigenvalue weighted by Gasteiger charge is 2.44. The lowest BCUT2D eigenvalue weighted by Crippen LogP contribution is -2.60. The topological polar surface area (TPSA) is 149 Å². The van der Waals surface area contributed by atoms with E-state index in [-0.39, 0.29) is 12.5 Å². The van der Waals surface area contributed by atoms with Crippen molar-refractivity contribution in [2.45, 2.75) is 391 Å². The molecule has 0 bridgehead atoms. The van der Waals surface area contributed by atoms with Crippen LogP contribution in [0.4, 0.5) is 0 Å². The highest BCUT2D eigenvalue weighted by Crippen LogP contribution is 2.23. The van der Waals surface area contributed by atoms with E-state index in [1.165, 1.54) is 244 Å². The summed E-state index contributed by atoms with van der Waals surface area (Å²) in [7, 11) is 0. The largest absolute Gasteiger partial charge is 0.394 e. The molecule has 7 atom stereocenters. The van der Waals surface area contributed by atoms with Crippen molar-refractivity contribution < 1.29 is 39.8 Å². The number of carbonyl (C=O) groups excluding carboxylic acids is 1. The molecule has 1 aliphatic rings. The summed E-state index contributed by atoms with van der Waals surface area (Å²) in [6.45, 7) is 3.68. The van der Waals surface area contributed by atoms with Gasteiger partial charge in [0.05, 0.1) is 25.4 Å². The van der Waals surface area contributed by atoms with E-state index in [1.54, 1.807) is 6.08 Å². The van der Waals surface area contributed by atoms with Crippen molar-refractivity contribution in [3.8, 4) is 0 Å². The normalized spacial score (nSPS) is 18.3. The molecular weight excluding hydrogens is 1130 g/mol. The van der Waals surface area contributed by atoms with Gasteiger partial charge >= 0.3 is 0 Å². The minimum Gasteiger partial charge on any atom is -0.394 e. The maximum atomic E-state index is 13.2. The minimum absolute atomic E-state index is 0.189. The Hall–Kier alpha value is -3.15. The van der Waals surface area contributed by atoms with Crippen molar-refractivity contribution in [1.29, 1.82) is 0 Å². The maximum absolute atomic E-state index is 13.2. The molecule has 0 aromatic rings. The molecule has 0 aliphatic carbocycles. The van der Waals surface area contributed by atoms with E-state index in [2.05, 4.69) is 116 Å². The van der Waals surface area contributed by atoms with Crippen LogP contribution in [0.15, 0.2) is 109 Å². The van der Waals surface area contributed by atoms with Crippen LogP contribution in [0.2, 0.25) is 0 Å². The monoisotopic (exact) mass is 1270 g/mol. The lowest BCUT2D eigenvalue weighted by Gasteiger charge is -2.40. The van der Waals surface area contributed by atoms with Gasteiger partial charge < -0.3 is 40.3 Å². The van der Waals surface area contributed by atoms with Crippen molar-refractivity contribution in [2.24, 2.45) is 0 Å². The molecule has 6 N–H and O–H groups in total. The zero-order valence-electron chi connectivity index (χ0n) is 59.1. The predicted molar refractivity (Wildman–Crippen MR) is 391 cm³/mol. The van der Waals surface area contributed by atoms with Gasteiger partial charge in [0.2, 0.25) is 5.91 Å². The number of aliphatic hydroxyl groups excluding tert-OH is 5. The van der Waals surface area contributed by atoms with Crippen molar-refractivity contribution in [2.75, 3.05) is 13.2 Å². The number of allylic oxidation sites excluding steroid dienone is 17. The Balaban J connectivity index is 2.12. The van der Waals surface area contributed by atoms with Gasteiger partial charge in [0, 0.05) is 6.42 Å². The van der Waals surface area contributed by atoms with Crippen molar-refractivity contribution >= 4 is 5.91 Å². The first-order valence-corrected chi connectivity index (χ1v) is 38.6. The summed E-state index contributed by atoms with van der Waals surface area (Å²) in [5.41, 5.74) is 0. The van der Waals surface area contributed by atoms with Gasteiger partial charge in [-0.05, 0) is 96.3 Å². The van der Waals surface area contributed by atoms with E-state index in [4.69, 9.17) is 9.47 Å². The standard InChI is InChI=1S/C82H145NO8/c1-3-5-7-9-11-13-15-17-19-21-23-25-27-29-31-33-35-36-37-38-39-40-42-44-46-48-50-52-54-56-58-60-62-64-66-68-70-72-78(86)83-75(74-90-82-81(89)80(88)79(87)77(73-84)91-82)76(85)71-69-67-65-63-61-59-57-55-53-51-49-47-45-43-41-34-32-30-28-26-24-22-20-18-16-14-12-10-8-6-4-2/h5,7,11,13,17,19,23,25,29,31,35-36,53,55,61,63,69,71,75-77,79-82,84-85,87-89H,3-4,6,8-10,12,14-16,18,20-22,24,26-28,30,32-34,37-52,54,56-60,62,64-68,70,72-74H2,1-2H3,(H,83,86)/b7-5-,13-11-,19-17-,25-23-,31-29-,36-35-,55-53+,63-61+,71-69+. The summed E-state index contributed by atoms with van der Waals surface area (Å²) in [6.07, 6.45) is 96.5. The summed E-state index contributed by atoms with van der Waals surface area (Å²) in [4.78, 5) is 13.2. The quantitative estimate of drug-likeness (QED) is 0.0261. The van der Waals surface area contributed by atoms with E-state index in [0.717, 1.165) is 83.5 Å². The second-order valence-corrected chi connectivity index (χ2v) is 26.4. The molecule has 1 heterocycles. The number of hydrogen-bond donors (Lipinski definition) is 6. The SMILES string of the molecule is CC/C=C\C/C=C\C/C=C\C/C=C\C/C=C\C/C=C\CCCCCCCCCCCCCCCCCCCCC(=O)NC(COC1OC(CO)C(O)C(O)C1O)C(O)/C=C/CC/C=C/CC/C=C/CCCCCCCCCCCCCCCCCCCCCCC. The number of nitrogens with one attached hydrogen (secondary N) is 1. The molecule has 1 fully saturated rings. The first-order valence-electron chi connectivity index (χ1n) is 38.6. The van der Waals surface area contributed by atoms with Crippen molar-refractivity contribution in [3.63, 3.8) is 0 Å². The average molecular weight is 1270 g/mol. The number of aliphatic hydroxyl groups is 5. The second-order valence-electron chi connectivity index (χ2n) is 26.4. The smallest absolute Gasteiger partial charge is 0.220 e. The van der Waals surface area contributed by atoms with E-state index >= 15 is 0 Å². The van der Waals surface area contributed by atoms with Crippen LogP contribution in [0.25, 0.3) is 0 Å². The summed E-state index contributed by atoms with van der Waals surface area (Å²) < 4.78 is 11.3. The number of ether oxygens (including phenoxy) is 2. The van der Waals surface area contributed by atoms with E-state index in [0.29, 0.717) is 6.42 Å². The van der Waals surface area contributed by atoms with Gasteiger partial charge in [-0.2, -0.15) is 0 Å². The van der Waals surface area contributed by atoms with Gasteiger partial charge in [-0.1, -0.05) is 354 Å². The summed E-state index contributed by atoms with van der Waals surface area (Å²) in [5, 5.41) is 54.8. The van der Waals surface area contributed by atoms with Gasteiger partial charge in [-0.3, -0.25) is 4.79 Å². The van der Waals surface area contributed by atoms with Gasteiger partial charge in [0.1, 0.15) is 24.4 Å². The maximum Gasteiger partial charge on any atom is 0.220 e. The molecule has 0 saturated carbocycles. The Morgan fingerprint density at radius 1 is 0.385 bits per heavy atom. The molecule has 1 rings (SSSR count). The lowest BCUT2D eigenvalue weighted by atomic mass is 9.99. The molecule has 1 saturated heterocycles. The van der Waals surface area contributed by atoms with Crippen LogP contribution >= 0.6 is 0 Å². The van der Waals surface area contributed by atoms with Crippen molar-refractivity contribution in [1.82, 2.24) is 5.32 Å². The molecular formula is C82H145NO8. The third-order valence-corrected chi connectivity index (χ3v) is 17.8. The molecule has 0 spiro atoms. The zero-order chi connectivity index (χ0) is 65.7. The van der Waals surface area contributed by atoms with Crippen LogP contribution in [-0.2, 0) is 14.3 Å². The number of unbranched alkanes of at least 4 members (excludes halogenated alkanes) is 41. The molecule has 91 heavy (non-hydrogen) atoms. The molecule has 1 amide bonds. The lowest BCUT2D eigenvalue weighted by molar-refractivity contribution is -0.302. The molecule has 0 radical (unpaired) electrons. The van der Waals surface area contributed by atoms with Gasteiger partial charge in [-0.15, -0.1) is 0 Å². The molecule has 0 aromatic heterocycles. The molecule has 9 heteroatoms. The Kier molecular flexibility index (Phi) is 65.7. The van der Waals surface area contributed by atoms with Crippen LogP contribution < -0.4 is 5.32 Å². The number of carbonyl (C=O) groups is 1. The first-order chi connectivity index (χ1) is 44.8. The average Bonchev–Trinajstić information content (AvgIpc) is 1.70. The fourth-order valence-electron chi connectivity index (χ4n) is 11.8. The highest BCUT2D eigenvalue weighted by atomic mass is 16.7. The Morgan fingerprint density at radius 3 is 1.05 bits per heavy atom. The molecule has 9 nitrogen and oxygen atoms in total. The van der Waals surface area contributed by atoms with Gasteiger partial charge in [0.25, 0.3) is 0 Å². The van der Waals surface area contributed by atoms with E-state index in [1.807, 2.05) is 6.08 Å². The second kappa shape index (κ2) is 69.7. The van der Waals surface area contributed by atoms with Crippen LogP contribution in [0.5, 0.6) is 0 Å². The van der Waals surface area contributed by atoms with Crippen LogP contribution in [-0.4, -0.2) is 87.5 Å². The third kappa shape index (κ3) is 58.0. The minimum atomic E-state index is -1.58. The molecule has 1 aliphatic heterocycles. The molecule has 526 valence electrons. The highest BCUT2D eigenvalue weighted by molar-refractivity contribution is 5.76. The van der Waals surface area contributed by atoms with E-state index in [9.17, 15) is 30.3 Å². The van der Waals surface area contributed by atoms with Gasteiger partial charge in [0.15, 0.2) is 6.29 Å². The fraction of sp³-hybridized carbons (Fsp3) is 0.768. The Morgan fingerprint density at radius 2 is 0.692 bits per heavy atom. The number of rotatable bonds is 67. The fourth-order valence-corrected chi connectivity index (χ4v) is 11.8. The Labute approximate surface area is 561 Å².